The lowest BCUT2D eigenvalue weighted by molar-refractivity contribution is -0.120. The molecule has 0 aliphatic rings. The number of amides is 1. The smallest absolute Gasteiger partial charge is 0.221 e. The average Bonchev–Trinajstić information content (AvgIpc) is 2.36. The molecule has 0 saturated heterocycles. The van der Waals surface area contributed by atoms with Gasteiger partial charge >= 0.3 is 0 Å². The Balaban J connectivity index is 2.06. The van der Waals surface area contributed by atoms with Crippen molar-refractivity contribution in [2.75, 3.05) is 5.75 Å². The summed E-state index contributed by atoms with van der Waals surface area (Å²) in [6, 6.07) is 8.06. The van der Waals surface area contributed by atoms with E-state index in [0.29, 0.717) is 18.7 Å². The van der Waals surface area contributed by atoms with Crippen molar-refractivity contribution in [3.8, 4) is 0 Å². The van der Waals surface area contributed by atoms with Crippen LogP contribution in [0.25, 0.3) is 10.8 Å². The first-order chi connectivity index (χ1) is 8.29. The van der Waals surface area contributed by atoms with Crippen LogP contribution in [-0.4, -0.2) is 16.6 Å². The first-order valence-corrected chi connectivity index (χ1v) is 6.13. The highest BCUT2D eigenvalue weighted by molar-refractivity contribution is 7.80. The number of carbonyl (C=O) groups excluding carboxylic acids is 1. The van der Waals surface area contributed by atoms with Crippen LogP contribution in [0.4, 0.5) is 0 Å². The maximum Gasteiger partial charge on any atom is 0.221 e. The second-order valence-corrected chi connectivity index (χ2v) is 4.25. The molecule has 1 heterocycles. The van der Waals surface area contributed by atoms with E-state index < -0.39 is 0 Å². The van der Waals surface area contributed by atoms with E-state index in [1.807, 2.05) is 24.4 Å². The molecule has 2 aromatic rings. The lowest BCUT2D eigenvalue weighted by atomic mass is 10.1. The standard InChI is InChI=1S/C13H14N2OS/c16-13(4-6-17)15-8-10-1-2-12-9-14-5-3-11(12)7-10/h1-3,5,7,9,17H,4,6,8H2,(H,15,16). The van der Waals surface area contributed by atoms with E-state index in [2.05, 4.69) is 29.0 Å². The van der Waals surface area contributed by atoms with Crippen molar-refractivity contribution in [2.45, 2.75) is 13.0 Å². The van der Waals surface area contributed by atoms with Gasteiger partial charge in [0.2, 0.25) is 5.91 Å². The number of benzene rings is 1. The van der Waals surface area contributed by atoms with Crippen molar-refractivity contribution in [1.29, 1.82) is 0 Å². The van der Waals surface area contributed by atoms with Crippen molar-refractivity contribution >= 4 is 29.3 Å². The third kappa shape index (κ3) is 3.20. The molecule has 1 amide bonds. The Kier molecular flexibility index (Phi) is 3.98. The third-order valence-electron chi connectivity index (χ3n) is 2.53. The summed E-state index contributed by atoms with van der Waals surface area (Å²) in [5.41, 5.74) is 1.09. The number of carbonyl (C=O) groups is 1. The second-order valence-electron chi connectivity index (χ2n) is 3.81. The number of fused-ring (bicyclic) bond motifs is 1. The van der Waals surface area contributed by atoms with Crippen LogP contribution in [0, 0.1) is 0 Å². The van der Waals surface area contributed by atoms with Crippen LogP contribution in [0.2, 0.25) is 0 Å². The van der Waals surface area contributed by atoms with Crippen LogP contribution >= 0.6 is 12.6 Å². The molecular weight excluding hydrogens is 232 g/mol. The predicted molar refractivity (Wildman–Crippen MR) is 72.1 cm³/mol. The van der Waals surface area contributed by atoms with Gasteiger partial charge in [-0.3, -0.25) is 9.78 Å². The first kappa shape index (κ1) is 11.9. The van der Waals surface area contributed by atoms with Crippen LogP contribution in [0.1, 0.15) is 12.0 Å². The highest BCUT2D eigenvalue weighted by atomic mass is 32.1. The summed E-state index contributed by atoms with van der Waals surface area (Å²) < 4.78 is 0. The minimum Gasteiger partial charge on any atom is -0.352 e. The molecule has 4 heteroatoms. The maximum absolute atomic E-state index is 11.3. The number of nitrogens with zero attached hydrogens (tertiary/aromatic N) is 1. The normalized spacial score (nSPS) is 10.4. The Bertz CT molecular complexity index is 528. The number of thiol groups is 1. The summed E-state index contributed by atoms with van der Waals surface area (Å²) in [7, 11) is 0. The summed E-state index contributed by atoms with van der Waals surface area (Å²) >= 11 is 4.02. The molecule has 1 N–H and O–H groups in total. The molecule has 0 radical (unpaired) electrons. The van der Waals surface area contributed by atoms with Crippen molar-refractivity contribution in [1.82, 2.24) is 10.3 Å². The fourth-order valence-electron chi connectivity index (χ4n) is 1.63. The van der Waals surface area contributed by atoms with Gasteiger partial charge in [-0.15, -0.1) is 0 Å². The van der Waals surface area contributed by atoms with Crippen LogP contribution < -0.4 is 5.32 Å². The van der Waals surface area contributed by atoms with Gasteiger partial charge in [-0.05, 0) is 28.8 Å². The van der Waals surface area contributed by atoms with Crippen LogP contribution in [0.3, 0.4) is 0 Å². The summed E-state index contributed by atoms with van der Waals surface area (Å²) in [5, 5.41) is 5.11. The molecule has 1 aromatic heterocycles. The van der Waals surface area contributed by atoms with Gasteiger partial charge in [-0.1, -0.05) is 12.1 Å². The Hall–Kier alpha value is -1.55. The molecule has 3 nitrogen and oxygen atoms in total. The number of aromatic nitrogens is 1. The van der Waals surface area contributed by atoms with E-state index in [0.717, 1.165) is 16.3 Å². The van der Waals surface area contributed by atoms with Gasteiger partial charge in [0.25, 0.3) is 0 Å². The second kappa shape index (κ2) is 5.68. The predicted octanol–water partition coefficient (Wildman–Crippen LogP) is 2.17. The van der Waals surface area contributed by atoms with E-state index in [1.54, 1.807) is 6.20 Å². The van der Waals surface area contributed by atoms with Gasteiger partial charge in [0.05, 0.1) is 0 Å². The first-order valence-electron chi connectivity index (χ1n) is 5.50. The Labute approximate surface area is 106 Å². The maximum atomic E-state index is 11.3. The number of pyridine rings is 1. The van der Waals surface area contributed by atoms with Crippen molar-refractivity contribution in [2.24, 2.45) is 0 Å². The molecule has 0 saturated carbocycles. The van der Waals surface area contributed by atoms with E-state index in [4.69, 9.17) is 0 Å². The molecule has 2 rings (SSSR count). The van der Waals surface area contributed by atoms with E-state index in [-0.39, 0.29) is 5.91 Å². The van der Waals surface area contributed by atoms with E-state index in [9.17, 15) is 4.79 Å². The lowest BCUT2D eigenvalue weighted by Gasteiger charge is -2.05. The lowest BCUT2D eigenvalue weighted by Crippen LogP contribution is -2.22. The molecule has 0 aliphatic carbocycles. The van der Waals surface area contributed by atoms with Crippen LogP contribution in [-0.2, 0) is 11.3 Å². The van der Waals surface area contributed by atoms with Crippen molar-refractivity contribution in [3.05, 3.63) is 42.2 Å². The fraction of sp³-hybridized carbons (Fsp3) is 0.231. The highest BCUT2D eigenvalue weighted by Crippen LogP contribution is 2.14. The molecule has 0 atom stereocenters. The fourth-order valence-corrected chi connectivity index (χ4v) is 1.84. The van der Waals surface area contributed by atoms with Gasteiger partial charge in [-0.2, -0.15) is 12.6 Å². The Morgan fingerprint density at radius 1 is 1.29 bits per heavy atom. The monoisotopic (exact) mass is 246 g/mol. The Morgan fingerprint density at radius 3 is 3.00 bits per heavy atom. The largest absolute Gasteiger partial charge is 0.352 e. The van der Waals surface area contributed by atoms with Crippen LogP contribution in [0.5, 0.6) is 0 Å². The molecule has 0 unspecified atom stereocenters. The van der Waals surface area contributed by atoms with Crippen molar-refractivity contribution in [3.63, 3.8) is 0 Å². The zero-order valence-electron chi connectivity index (χ0n) is 9.39. The number of rotatable bonds is 4. The van der Waals surface area contributed by atoms with Gasteiger partial charge in [0.15, 0.2) is 0 Å². The van der Waals surface area contributed by atoms with Gasteiger partial charge < -0.3 is 5.32 Å². The summed E-state index contributed by atoms with van der Waals surface area (Å²) in [4.78, 5) is 15.4. The molecule has 0 bridgehead atoms. The molecule has 17 heavy (non-hydrogen) atoms. The molecule has 88 valence electrons. The molecule has 0 spiro atoms. The number of hydrogen-bond donors (Lipinski definition) is 2. The van der Waals surface area contributed by atoms with Gasteiger partial charge in [0, 0.05) is 30.7 Å². The van der Waals surface area contributed by atoms with E-state index in [1.165, 1.54) is 0 Å². The zero-order valence-corrected chi connectivity index (χ0v) is 10.3. The summed E-state index contributed by atoms with van der Waals surface area (Å²) in [6.45, 7) is 0.560. The highest BCUT2D eigenvalue weighted by Gasteiger charge is 2.00. The number of nitrogens with one attached hydrogen (secondary N) is 1. The third-order valence-corrected chi connectivity index (χ3v) is 2.76. The quantitative estimate of drug-likeness (QED) is 0.812. The molecule has 0 aliphatic heterocycles. The van der Waals surface area contributed by atoms with Crippen molar-refractivity contribution < 1.29 is 4.79 Å². The SMILES string of the molecule is O=C(CCS)NCc1ccc2cnccc2c1. The summed E-state index contributed by atoms with van der Waals surface area (Å²) in [6.07, 6.45) is 4.06. The van der Waals surface area contributed by atoms with E-state index >= 15 is 0 Å². The number of hydrogen-bond acceptors (Lipinski definition) is 3. The zero-order chi connectivity index (χ0) is 12.1. The summed E-state index contributed by atoms with van der Waals surface area (Å²) in [5.74, 6) is 0.615. The van der Waals surface area contributed by atoms with Crippen LogP contribution in [0.15, 0.2) is 36.7 Å². The average molecular weight is 246 g/mol. The topological polar surface area (TPSA) is 42.0 Å². The Morgan fingerprint density at radius 2 is 2.18 bits per heavy atom. The van der Waals surface area contributed by atoms with Gasteiger partial charge in [-0.25, -0.2) is 0 Å². The molecule has 1 aromatic carbocycles. The molecule has 0 fully saturated rings. The van der Waals surface area contributed by atoms with Gasteiger partial charge in [0.1, 0.15) is 0 Å². The minimum atomic E-state index is 0.0369. The minimum absolute atomic E-state index is 0.0369. The molecular formula is C13H14N2OS.